The van der Waals surface area contributed by atoms with Gasteiger partial charge in [0.15, 0.2) is 5.78 Å². The number of ketones is 1. The lowest BCUT2D eigenvalue weighted by Gasteiger charge is -2.23. The molecule has 0 fully saturated rings. The van der Waals surface area contributed by atoms with Crippen LogP contribution in [-0.2, 0) is 4.79 Å². The molecule has 2 amide bonds. The Morgan fingerprint density at radius 3 is 2.34 bits per heavy atom. The summed E-state index contributed by atoms with van der Waals surface area (Å²) >= 11 is 0. The fraction of sp³-hybridized carbons (Fsp3) is 0.286. The highest BCUT2D eigenvalue weighted by Crippen LogP contribution is 2.26. The number of hydrogen-bond acceptors (Lipinski definition) is 4. The average Bonchev–Trinajstić information content (AvgIpc) is 2.71. The van der Waals surface area contributed by atoms with Crippen molar-refractivity contribution >= 4 is 23.5 Å². The van der Waals surface area contributed by atoms with Crippen molar-refractivity contribution in [3.05, 3.63) is 59.4 Å². The van der Waals surface area contributed by atoms with E-state index in [9.17, 15) is 18.8 Å². The normalized spacial score (nSPS) is 12.6. The van der Waals surface area contributed by atoms with Crippen LogP contribution in [0.2, 0.25) is 0 Å². The molecule has 7 nitrogen and oxygen atoms in total. The van der Waals surface area contributed by atoms with Crippen molar-refractivity contribution in [3.8, 4) is 5.75 Å². The molecule has 2 atom stereocenters. The van der Waals surface area contributed by atoms with Crippen LogP contribution in [0.5, 0.6) is 5.75 Å². The van der Waals surface area contributed by atoms with Gasteiger partial charge in [0.05, 0.1) is 12.8 Å². The summed E-state index contributed by atoms with van der Waals surface area (Å²) in [6.07, 6.45) is -0.745. The van der Waals surface area contributed by atoms with Crippen LogP contribution in [-0.4, -0.2) is 36.0 Å². The van der Waals surface area contributed by atoms with Gasteiger partial charge in [-0.15, -0.1) is 0 Å². The fourth-order valence-electron chi connectivity index (χ4n) is 2.75. The number of rotatable bonds is 8. The molecule has 2 aromatic rings. The van der Waals surface area contributed by atoms with Gasteiger partial charge in [-0.05, 0) is 48.4 Å². The van der Waals surface area contributed by atoms with E-state index in [-0.39, 0.29) is 22.7 Å². The Bertz CT molecular complexity index is 898. The molecular weight excluding hydrogens is 379 g/mol. The third-order valence-corrected chi connectivity index (χ3v) is 4.61. The van der Waals surface area contributed by atoms with Crippen molar-refractivity contribution in [2.24, 2.45) is 5.92 Å². The van der Waals surface area contributed by atoms with Crippen molar-refractivity contribution < 1.29 is 28.6 Å². The van der Waals surface area contributed by atoms with Crippen molar-refractivity contribution in [2.75, 3.05) is 12.4 Å². The van der Waals surface area contributed by atoms with E-state index in [1.807, 2.05) is 6.92 Å². The van der Waals surface area contributed by atoms with Crippen LogP contribution in [0, 0.1) is 11.7 Å². The second kappa shape index (κ2) is 9.68. The first-order valence-electron chi connectivity index (χ1n) is 9.05. The van der Waals surface area contributed by atoms with Crippen LogP contribution in [0.1, 0.15) is 36.2 Å². The van der Waals surface area contributed by atoms with E-state index in [0.29, 0.717) is 12.2 Å². The molecule has 0 spiro atoms. The standard InChI is InChI=1S/C21H23FN2O5/c1-4-12(2)18(24-21(27)28)20(26)23-17-10-9-15(29-3)11-16(17)19(25)13-5-7-14(22)8-6-13/h5-12,18,24H,4H2,1-3H3,(H,23,26)(H,27,28)/t12-,18-/m0/s1. The van der Waals surface area contributed by atoms with Crippen LogP contribution in [0.3, 0.4) is 0 Å². The van der Waals surface area contributed by atoms with Gasteiger partial charge in [-0.1, -0.05) is 20.3 Å². The smallest absolute Gasteiger partial charge is 0.405 e. The van der Waals surface area contributed by atoms with Crippen LogP contribution in [0.25, 0.3) is 0 Å². The molecule has 0 aliphatic rings. The molecule has 8 heteroatoms. The third kappa shape index (κ3) is 5.54. The Kier molecular flexibility index (Phi) is 7.30. The van der Waals surface area contributed by atoms with E-state index in [2.05, 4.69) is 10.6 Å². The molecule has 0 unspecified atom stereocenters. The van der Waals surface area contributed by atoms with Crippen molar-refractivity contribution in [1.29, 1.82) is 0 Å². The summed E-state index contributed by atoms with van der Waals surface area (Å²) in [5.74, 6) is -1.36. The van der Waals surface area contributed by atoms with E-state index in [1.165, 1.54) is 43.5 Å². The fourth-order valence-corrected chi connectivity index (χ4v) is 2.75. The number of hydrogen-bond donors (Lipinski definition) is 3. The quantitative estimate of drug-likeness (QED) is 0.584. The first kappa shape index (κ1) is 21.9. The van der Waals surface area contributed by atoms with E-state index in [4.69, 9.17) is 9.84 Å². The number of ether oxygens (including phenoxy) is 1. The van der Waals surface area contributed by atoms with Crippen molar-refractivity contribution in [3.63, 3.8) is 0 Å². The summed E-state index contributed by atoms with van der Waals surface area (Å²) in [5, 5.41) is 13.9. The SMILES string of the molecule is CC[C@H](C)[C@H](NC(=O)O)C(=O)Nc1ccc(OC)cc1C(=O)c1ccc(F)cc1. The third-order valence-electron chi connectivity index (χ3n) is 4.61. The molecular formula is C21H23FN2O5. The summed E-state index contributed by atoms with van der Waals surface area (Å²) < 4.78 is 18.3. The summed E-state index contributed by atoms with van der Waals surface area (Å²) in [7, 11) is 1.44. The zero-order chi connectivity index (χ0) is 21.6. The van der Waals surface area contributed by atoms with E-state index >= 15 is 0 Å². The predicted molar refractivity (Wildman–Crippen MR) is 106 cm³/mol. The summed E-state index contributed by atoms with van der Waals surface area (Å²) in [6.45, 7) is 3.59. The molecule has 2 rings (SSSR count). The average molecular weight is 402 g/mol. The molecule has 29 heavy (non-hydrogen) atoms. The second-order valence-corrected chi connectivity index (χ2v) is 6.55. The molecule has 0 saturated heterocycles. The van der Waals surface area contributed by atoms with E-state index in [0.717, 1.165) is 0 Å². The topological polar surface area (TPSA) is 105 Å². The Hall–Kier alpha value is -3.42. The number of carbonyl (C=O) groups is 3. The molecule has 0 saturated carbocycles. The number of benzene rings is 2. The van der Waals surface area contributed by atoms with Crippen molar-refractivity contribution in [2.45, 2.75) is 26.3 Å². The lowest BCUT2D eigenvalue weighted by molar-refractivity contribution is -0.119. The van der Waals surface area contributed by atoms with Gasteiger partial charge >= 0.3 is 6.09 Å². The largest absolute Gasteiger partial charge is 0.497 e. The first-order valence-corrected chi connectivity index (χ1v) is 9.05. The minimum Gasteiger partial charge on any atom is -0.497 e. The lowest BCUT2D eigenvalue weighted by Crippen LogP contribution is -2.47. The molecule has 0 aliphatic carbocycles. The van der Waals surface area contributed by atoms with Crippen molar-refractivity contribution in [1.82, 2.24) is 5.32 Å². The molecule has 2 aromatic carbocycles. The zero-order valence-corrected chi connectivity index (χ0v) is 16.4. The molecule has 154 valence electrons. The highest BCUT2D eigenvalue weighted by atomic mass is 19.1. The number of halogens is 1. The monoisotopic (exact) mass is 402 g/mol. The molecule has 0 heterocycles. The van der Waals surface area contributed by atoms with Gasteiger partial charge in [0.25, 0.3) is 0 Å². The van der Waals surface area contributed by atoms with Crippen LogP contribution < -0.4 is 15.4 Å². The van der Waals surface area contributed by atoms with Crippen LogP contribution >= 0.6 is 0 Å². The lowest BCUT2D eigenvalue weighted by atomic mass is 9.97. The van der Waals surface area contributed by atoms with Gasteiger partial charge in [-0.2, -0.15) is 0 Å². The highest BCUT2D eigenvalue weighted by Gasteiger charge is 2.27. The maximum absolute atomic E-state index is 13.2. The number of carboxylic acid groups (broad SMARTS) is 1. The van der Waals surface area contributed by atoms with Gasteiger partial charge in [0, 0.05) is 11.1 Å². The summed E-state index contributed by atoms with van der Waals surface area (Å²) in [6, 6.07) is 8.57. The van der Waals surface area contributed by atoms with Crippen LogP contribution in [0.4, 0.5) is 14.9 Å². The maximum Gasteiger partial charge on any atom is 0.405 e. The number of carbonyl (C=O) groups excluding carboxylic acids is 2. The molecule has 0 radical (unpaired) electrons. The Morgan fingerprint density at radius 2 is 1.79 bits per heavy atom. The van der Waals surface area contributed by atoms with Crippen LogP contribution in [0.15, 0.2) is 42.5 Å². The Morgan fingerprint density at radius 1 is 1.14 bits per heavy atom. The summed E-state index contributed by atoms with van der Waals surface area (Å²) in [4.78, 5) is 36.7. The van der Waals surface area contributed by atoms with Gasteiger partial charge in [-0.25, -0.2) is 9.18 Å². The minimum absolute atomic E-state index is 0.141. The van der Waals surface area contributed by atoms with E-state index < -0.39 is 29.6 Å². The number of anilines is 1. The molecule has 0 aromatic heterocycles. The first-order chi connectivity index (χ1) is 13.8. The van der Waals surface area contributed by atoms with Gasteiger partial charge in [-0.3, -0.25) is 9.59 Å². The Labute approximate surface area is 167 Å². The molecule has 3 N–H and O–H groups in total. The second-order valence-electron chi connectivity index (χ2n) is 6.55. The molecule has 0 bridgehead atoms. The Balaban J connectivity index is 2.39. The van der Waals surface area contributed by atoms with E-state index in [1.54, 1.807) is 13.0 Å². The number of nitrogens with one attached hydrogen (secondary N) is 2. The highest BCUT2D eigenvalue weighted by molar-refractivity contribution is 6.14. The minimum atomic E-state index is -1.32. The number of methoxy groups -OCH3 is 1. The van der Waals surface area contributed by atoms with Gasteiger partial charge < -0.3 is 20.5 Å². The molecule has 0 aliphatic heterocycles. The maximum atomic E-state index is 13.2. The number of amides is 2. The van der Waals surface area contributed by atoms with Gasteiger partial charge in [0.1, 0.15) is 17.6 Å². The summed E-state index contributed by atoms with van der Waals surface area (Å²) in [5.41, 5.74) is 0.574. The predicted octanol–water partition coefficient (Wildman–Crippen LogP) is 3.69. The van der Waals surface area contributed by atoms with Gasteiger partial charge in [0.2, 0.25) is 5.91 Å². The zero-order valence-electron chi connectivity index (χ0n) is 16.4.